The molecule has 0 radical (unpaired) electrons. The lowest BCUT2D eigenvalue weighted by molar-refractivity contribution is 0.164. The van der Waals surface area contributed by atoms with Crippen molar-refractivity contribution in [1.29, 1.82) is 0 Å². The van der Waals surface area contributed by atoms with Gasteiger partial charge in [0.15, 0.2) is 0 Å². The number of nitrogens with zero attached hydrogens (tertiary/aromatic N) is 1. The molecule has 0 aliphatic carbocycles. The van der Waals surface area contributed by atoms with E-state index in [2.05, 4.69) is 23.2 Å². The lowest BCUT2D eigenvalue weighted by Crippen LogP contribution is -2.45. The largest absolute Gasteiger partial charge is 0.314 e. The molecule has 0 spiro atoms. The fraction of sp³-hybridized carbons (Fsp3) is 0.571. The predicted molar refractivity (Wildman–Crippen MR) is 78.6 cm³/mol. The van der Waals surface area contributed by atoms with Crippen LogP contribution in [0, 0.1) is 0 Å². The Balaban J connectivity index is 2.19. The molecule has 1 atom stereocenters. The molecule has 1 N–H and O–H groups in total. The van der Waals surface area contributed by atoms with Crippen LogP contribution in [0.15, 0.2) is 18.2 Å². The molecule has 4 heteroatoms. The van der Waals surface area contributed by atoms with E-state index in [0.717, 1.165) is 32.6 Å². The Kier molecular flexibility index (Phi) is 5.31. The van der Waals surface area contributed by atoms with Gasteiger partial charge in [-0.05, 0) is 24.1 Å². The minimum absolute atomic E-state index is 0.465. The van der Waals surface area contributed by atoms with Crippen LogP contribution in [0.1, 0.15) is 31.4 Å². The highest BCUT2D eigenvalue weighted by atomic mass is 35.5. The van der Waals surface area contributed by atoms with Gasteiger partial charge in [0.1, 0.15) is 0 Å². The fourth-order valence-electron chi connectivity index (χ4n) is 2.55. The number of halogens is 2. The van der Waals surface area contributed by atoms with E-state index >= 15 is 0 Å². The van der Waals surface area contributed by atoms with Gasteiger partial charge in [-0.25, -0.2) is 0 Å². The van der Waals surface area contributed by atoms with Crippen LogP contribution < -0.4 is 5.32 Å². The van der Waals surface area contributed by atoms with Crippen LogP contribution in [0.3, 0.4) is 0 Å². The molecule has 0 aromatic heterocycles. The molecule has 1 fully saturated rings. The van der Waals surface area contributed by atoms with Crippen LogP contribution >= 0.6 is 23.2 Å². The first-order valence-electron chi connectivity index (χ1n) is 6.62. The molecule has 1 aliphatic rings. The van der Waals surface area contributed by atoms with E-state index in [1.807, 2.05) is 12.1 Å². The molecule has 1 saturated heterocycles. The number of rotatable bonds is 4. The summed E-state index contributed by atoms with van der Waals surface area (Å²) in [6, 6.07) is 6.50. The lowest BCUT2D eigenvalue weighted by atomic mass is 10.00. The molecule has 18 heavy (non-hydrogen) atoms. The summed E-state index contributed by atoms with van der Waals surface area (Å²) in [6.45, 7) is 6.58. The molecule has 0 amide bonds. The van der Waals surface area contributed by atoms with Crippen molar-refractivity contribution in [2.45, 2.75) is 25.8 Å². The Hall–Kier alpha value is -0.280. The average molecular weight is 287 g/mol. The summed E-state index contributed by atoms with van der Waals surface area (Å²) < 4.78 is 0. The summed E-state index contributed by atoms with van der Waals surface area (Å²) in [7, 11) is 0. The molecule has 0 bridgehead atoms. The highest BCUT2D eigenvalue weighted by Crippen LogP contribution is 2.31. The van der Waals surface area contributed by atoms with Crippen molar-refractivity contribution in [3.63, 3.8) is 0 Å². The quantitative estimate of drug-likeness (QED) is 0.907. The maximum atomic E-state index is 6.13. The maximum absolute atomic E-state index is 6.13. The summed E-state index contributed by atoms with van der Waals surface area (Å²) in [6.07, 6.45) is 2.34. The highest BCUT2D eigenvalue weighted by Gasteiger charge is 2.21. The van der Waals surface area contributed by atoms with Crippen molar-refractivity contribution in [3.8, 4) is 0 Å². The summed E-state index contributed by atoms with van der Waals surface area (Å²) in [5.74, 6) is 0. The first-order chi connectivity index (χ1) is 8.72. The van der Waals surface area contributed by atoms with E-state index in [0.29, 0.717) is 16.1 Å². The summed E-state index contributed by atoms with van der Waals surface area (Å²) in [4.78, 5) is 2.54. The first-order valence-corrected chi connectivity index (χ1v) is 7.37. The standard InChI is InChI=1S/C14H20Cl2N2/c1-2-3-14(18-8-6-17-7-9-18)11-4-5-12(15)13(16)10-11/h4-5,10,14,17H,2-3,6-9H2,1H3/t14-/m1/s1. The van der Waals surface area contributed by atoms with E-state index in [9.17, 15) is 0 Å². The lowest BCUT2D eigenvalue weighted by Gasteiger charge is -2.35. The van der Waals surface area contributed by atoms with E-state index in [-0.39, 0.29) is 0 Å². The second kappa shape index (κ2) is 6.76. The van der Waals surface area contributed by atoms with Crippen LogP contribution in [0.4, 0.5) is 0 Å². The number of nitrogens with one attached hydrogen (secondary N) is 1. The normalized spacial score (nSPS) is 18.8. The Bertz CT molecular complexity index is 389. The van der Waals surface area contributed by atoms with Gasteiger partial charge in [0.05, 0.1) is 10.0 Å². The fourth-order valence-corrected chi connectivity index (χ4v) is 2.85. The van der Waals surface area contributed by atoms with E-state index < -0.39 is 0 Å². The van der Waals surface area contributed by atoms with Gasteiger partial charge < -0.3 is 5.32 Å². The van der Waals surface area contributed by atoms with Gasteiger partial charge in [-0.15, -0.1) is 0 Å². The molecule has 2 nitrogen and oxygen atoms in total. The maximum Gasteiger partial charge on any atom is 0.0595 e. The molecule has 100 valence electrons. The second-order valence-electron chi connectivity index (χ2n) is 4.76. The van der Waals surface area contributed by atoms with Crippen LogP contribution in [-0.4, -0.2) is 31.1 Å². The highest BCUT2D eigenvalue weighted by molar-refractivity contribution is 6.42. The zero-order valence-corrected chi connectivity index (χ0v) is 12.3. The predicted octanol–water partition coefficient (Wildman–Crippen LogP) is 3.74. The molecule has 0 saturated carbocycles. The topological polar surface area (TPSA) is 15.3 Å². The van der Waals surface area contributed by atoms with Crippen molar-refractivity contribution >= 4 is 23.2 Å². The zero-order valence-electron chi connectivity index (χ0n) is 10.8. The Labute approximate surface area is 119 Å². The minimum atomic E-state index is 0.465. The molecular formula is C14H20Cl2N2. The summed E-state index contributed by atoms with van der Waals surface area (Å²) >= 11 is 12.1. The average Bonchev–Trinajstić information content (AvgIpc) is 2.40. The van der Waals surface area contributed by atoms with Crippen molar-refractivity contribution in [2.75, 3.05) is 26.2 Å². The smallest absolute Gasteiger partial charge is 0.0595 e. The van der Waals surface area contributed by atoms with Crippen LogP contribution in [-0.2, 0) is 0 Å². The van der Waals surface area contributed by atoms with Crippen LogP contribution in [0.25, 0.3) is 0 Å². The molecule has 1 aromatic carbocycles. The van der Waals surface area contributed by atoms with Gasteiger partial charge in [0.25, 0.3) is 0 Å². The molecule has 1 heterocycles. The van der Waals surface area contributed by atoms with E-state index in [1.54, 1.807) is 0 Å². The Morgan fingerprint density at radius 1 is 1.22 bits per heavy atom. The van der Waals surface area contributed by atoms with Gasteiger partial charge in [0.2, 0.25) is 0 Å². The molecule has 1 aliphatic heterocycles. The third kappa shape index (κ3) is 3.39. The second-order valence-corrected chi connectivity index (χ2v) is 5.58. The number of benzene rings is 1. The monoisotopic (exact) mass is 286 g/mol. The van der Waals surface area contributed by atoms with Gasteiger partial charge in [-0.1, -0.05) is 42.6 Å². The van der Waals surface area contributed by atoms with Crippen molar-refractivity contribution < 1.29 is 0 Å². The van der Waals surface area contributed by atoms with Gasteiger partial charge in [-0.3, -0.25) is 4.90 Å². The number of hydrogen-bond donors (Lipinski definition) is 1. The van der Waals surface area contributed by atoms with Crippen molar-refractivity contribution in [1.82, 2.24) is 10.2 Å². The molecule has 1 aromatic rings. The minimum Gasteiger partial charge on any atom is -0.314 e. The Morgan fingerprint density at radius 2 is 1.94 bits per heavy atom. The number of hydrogen-bond acceptors (Lipinski definition) is 2. The third-order valence-electron chi connectivity index (χ3n) is 3.48. The molecular weight excluding hydrogens is 267 g/mol. The first kappa shape index (κ1) is 14.1. The SMILES string of the molecule is CCC[C@H](c1ccc(Cl)c(Cl)c1)N1CCNCC1. The van der Waals surface area contributed by atoms with Gasteiger partial charge in [0, 0.05) is 32.2 Å². The molecule has 2 rings (SSSR count). The molecule has 0 unspecified atom stereocenters. The van der Waals surface area contributed by atoms with Crippen LogP contribution in [0.5, 0.6) is 0 Å². The van der Waals surface area contributed by atoms with Crippen molar-refractivity contribution in [3.05, 3.63) is 33.8 Å². The summed E-state index contributed by atoms with van der Waals surface area (Å²) in [5, 5.41) is 4.69. The third-order valence-corrected chi connectivity index (χ3v) is 4.22. The van der Waals surface area contributed by atoms with E-state index in [1.165, 1.54) is 12.0 Å². The zero-order chi connectivity index (χ0) is 13.0. The summed E-state index contributed by atoms with van der Waals surface area (Å²) in [5.41, 5.74) is 1.29. The Morgan fingerprint density at radius 3 is 2.56 bits per heavy atom. The number of piperazine rings is 1. The van der Waals surface area contributed by atoms with Gasteiger partial charge >= 0.3 is 0 Å². The van der Waals surface area contributed by atoms with Gasteiger partial charge in [-0.2, -0.15) is 0 Å². The van der Waals surface area contributed by atoms with Crippen molar-refractivity contribution in [2.24, 2.45) is 0 Å². The van der Waals surface area contributed by atoms with E-state index in [4.69, 9.17) is 23.2 Å². The van der Waals surface area contributed by atoms with Crippen LogP contribution in [0.2, 0.25) is 10.0 Å².